The van der Waals surface area contributed by atoms with Crippen LogP contribution in [0.4, 0.5) is 0 Å². The van der Waals surface area contributed by atoms with Crippen molar-refractivity contribution in [3.63, 3.8) is 0 Å². The standard InChI is InChI=1S/C22H32N4O/c1-22(2,3)18-11-9-16(10-12-18)21(27)25-13-6-7-17(15-25)20-24-23-19-8-4-5-14-26(19)20/h4-5,8,14,16-18H,6-7,9-13,15H2,1-3H3/t16?,17-,18?/m1/s1. The van der Waals surface area contributed by atoms with Gasteiger partial charge in [0.2, 0.25) is 5.91 Å². The molecule has 0 bridgehead atoms. The van der Waals surface area contributed by atoms with E-state index in [0.29, 0.717) is 11.3 Å². The van der Waals surface area contributed by atoms with Crippen LogP contribution >= 0.6 is 0 Å². The van der Waals surface area contributed by atoms with Gasteiger partial charge in [0.05, 0.1) is 0 Å². The van der Waals surface area contributed by atoms with Crippen LogP contribution in [0.2, 0.25) is 0 Å². The van der Waals surface area contributed by atoms with Crippen LogP contribution in [-0.2, 0) is 4.79 Å². The van der Waals surface area contributed by atoms with Gasteiger partial charge < -0.3 is 4.90 Å². The maximum Gasteiger partial charge on any atom is 0.225 e. The minimum Gasteiger partial charge on any atom is -0.342 e. The van der Waals surface area contributed by atoms with Crippen molar-refractivity contribution < 1.29 is 4.79 Å². The van der Waals surface area contributed by atoms with E-state index < -0.39 is 0 Å². The average Bonchev–Trinajstić information content (AvgIpc) is 3.11. The van der Waals surface area contributed by atoms with Crippen LogP contribution in [0.1, 0.15) is 71.0 Å². The zero-order valence-corrected chi connectivity index (χ0v) is 16.9. The lowest BCUT2D eigenvalue weighted by atomic mass is 9.69. The number of hydrogen-bond acceptors (Lipinski definition) is 3. The Morgan fingerprint density at radius 3 is 2.59 bits per heavy atom. The van der Waals surface area contributed by atoms with E-state index in [1.54, 1.807) is 0 Å². The maximum absolute atomic E-state index is 13.2. The predicted octanol–water partition coefficient (Wildman–Crippen LogP) is 4.29. The summed E-state index contributed by atoms with van der Waals surface area (Å²) in [6.07, 6.45) is 8.63. The number of nitrogens with zero attached hydrogens (tertiary/aromatic N) is 4. The molecule has 0 N–H and O–H groups in total. The summed E-state index contributed by atoms with van der Waals surface area (Å²) in [5.74, 6) is 2.63. The number of pyridine rings is 1. The van der Waals surface area contributed by atoms with Crippen molar-refractivity contribution in [2.75, 3.05) is 13.1 Å². The van der Waals surface area contributed by atoms with Crippen molar-refractivity contribution in [2.24, 2.45) is 17.3 Å². The third kappa shape index (κ3) is 3.74. The predicted molar refractivity (Wildman–Crippen MR) is 106 cm³/mol. The molecule has 3 heterocycles. The molecule has 2 fully saturated rings. The second kappa shape index (κ2) is 7.25. The van der Waals surface area contributed by atoms with Crippen LogP contribution in [0.15, 0.2) is 24.4 Å². The summed E-state index contributed by atoms with van der Waals surface area (Å²) in [7, 11) is 0. The molecule has 5 heteroatoms. The molecule has 2 aliphatic rings. The van der Waals surface area contributed by atoms with Gasteiger partial charge in [0.15, 0.2) is 5.65 Å². The molecule has 5 nitrogen and oxygen atoms in total. The van der Waals surface area contributed by atoms with Crippen molar-refractivity contribution in [3.05, 3.63) is 30.2 Å². The highest BCUT2D eigenvalue weighted by atomic mass is 16.2. The second-order valence-corrected chi connectivity index (χ2v) is 9.53. The van der Waals surface area contributed by atoms with Gasteiger partial charge in [0.1, 0.15) is 5.82 Å². The first-order valence-electron chi connectivity index (χ1n) is 10.5. The Hall–Kier alpha value is -1.91. The highest BCUT2D eigenvalue weighted by molar-refractivity contribution is 5.79. The molecule has 1 saturated carbocycles. The van der Waals surface area contributed by atoms with E-state index >= 15 is 0 Å². The number of carbonyl (C=O) groups is 1. The number of piperidine rings is 1. The van der Waals surface area contributed by atoms with Gasteiger partial charge in [-0.2, -0.15) is 0 Å². The van der Waals surface area contributed by atoms with Crippen molar-refractivity contribution in [1.29, 1.82) is 0 Å². The minimum atomic E-state index is 0.220. The summed E-state index contributed by atoms with van der Waals surface area (Å²) in [5.41, 5.74) is 1.25. The fourth-order valence-corrected chi connectivity index (χ4v) is 4.99. The summed E-state index contributed by atoms with van der Waals surface area (Å²) in [5, 5.41) is 8.73. The number of carbonyl (C=O) groups excluding carboxylic acids is 1. The van der Waals surface area contributed by atoms with Crippen LogP contribution in [0.3, 0.4) is 0 Å². The van der Waals surface area contributed by atoms with E-state index in [2.05, 4.69) is 40.3 Å². The fraction of sp³-hybridized carbons (Fsp3) is 0.682. The molecule has 1 saturated heterocycles. The number of hydrogen-bond donors (Lipinski definition) is 0. The molecule has 2 aromatic rings. The Balaban J connectivity index is 1.42. The zero-order chi connectivity index (χ0) is 19.0. The number of amides is 1. The van der Waals surface area contributed by atoms with E-state index in [1.807, 2.05) is 24.4 Å². The Bertz CT molecular complexity index is 798. The number of rotatable bonds is 2. The maximum atomic E-state index is 13.2. The summed E-state index contributed by atoms with van der Waals surface area (Å²) < 4.78 is 2.08. The van der Waals surface area contributed by atoms with Crippen LogP contribution in [0.25, 0.3) is 5.65 Å². The van der Waals surface area contributed by atoms with Gasteiger partial charge in [-0.1, -0.05) is 26.8 Å². The summed E-state index contributed by atoms with van der Waals surface area (Å²) in [6.45, 7) is 8.67. The van der Waals surface area contributed by atoms with Crippen LogP contribution in [0.5, 0.6) is 0 Å². The monoisotopic (exact) mass is 368 g/mol. The summed E-state index contributed by atoms with van der Waals surface area (Å²) in [6, 6.07) is 5.98. The summed E-state index contributed by atoms with van der Waals surface area (Å²) >= 11 is 0. The largest absolute Gasteiger partial charge is 0.342 e. The minimum absolute atomic E-state index is 0.220. The Morgan fingerprint density at radius 2 is 1.85 bits per heavy atom. The van der Waals surface area contributed by atoms with E-state index in [1.165, 1.54) is 12.8 Å². The SMILES string of the molecule is CC(C)(C)C1CCC(C(=O)N2CCC[C@@H](c3nnc4ccccn34)C2)CC1. The van der Waals surface area contributed by atoms with Crippen molar-refractivity contribution in [1.82, 2.24) is 19.5 Å². The molecular weight excluding hydrogens is 336 g/mol. The van der Waals surface area contributed by atoms with Gasteiger partial charge in [0.25, 0.3) is 0 Å². The molecule has 2 aromatic heterocycles. The molecule has 4 rings (SSSR count). The molecule has 1 aliphatic carbocycles. The highest BCUT2D eigenvalue weighted by Gasteiger charge is 2.36. The van der Waals surface area contributed by atoms with Crippen LogP contribution in [-0.4, -0.2) is 38.5 Å². The molecule has 0 aromatic carbocycles. The van der Waals surface area contributed by atoms with Gasteiger partial charge in [-0.15, -0.1) is 10.2 Å². The molecule has 146 valence electrons. The average molecular weight is 369 g/mol. The lowest BCUT2D eigenvalue weighted by Gasteiger charge is -2.39. The fourth-order valence-electron chi connectivity index (χ4n) is 4.99. The molecule has 1 aliphatic heterocycles. The highest BCUT2D eigenvalue weighted by Crippen LogP contribution is 2.40. The molecule has 1 atom stereocenters. The second-order valence-electron chi connectivity index (χ2n) is 9.53. The summed E-state index contributed by atoms with van der Waals surface area (Å²) in [4.78, 5) is 15.3. The van der Waals surface area contributed by atoms with E-state index in [-0.39, 0.29) is 11.8 Å². The zero-order valence-electron chi connectivity index (χ0n) is 16.9. The Labute approximate surface area is 162 Å². The van der Waals surface area contributed by atoms with E-state index in [0.717, 1.165) is 56.2 Å². The normalized spacial score (nSPS) is 27.1. The molecule has 0 spiro atoms. The van der Waals surface area contributed by atoms with Gasteiger partial charge >= 0.3 is 0 Å². The van der Waals surface area contributed by atoms with E-state index in [4.69, 9.17) is 0 Å². The van der Waals surface area contributed by atoms with Gasteiger partial charge in [0, 0.05) is 31.1 Å². The Morgan fingerprint density at radius 1 is 1.07 bits per heavy atom. The lowest BCUT2D eigenvalue weighted by Crippen LogP contribution is -2.44. The van der Waals surface area contributed by atoms with Gasteiger partial charge in [-0.05, 0) is 62.0 Å². The number of likely N-dealkylation sites (tertiary alicyclic amines) is 1. The first-order chi connectivity index (χ1) is 12.9. The molecule has 0 unspecified atom stereocenters. The molecule has 0 radical (unpaired) electrons. The quantitative estimate of drug-likeness (QED) is 0.795. The topological polar surface area (TPSA) is 50.5 Å². The number of fused-ring (bicyclic) bond motifs is 1. The van der Waals surface area contributed by atoms with Crippen molar-refractivity contribution >= 4 is 11.6 Å². The van der Waals surface area contributed by atoms with Crippen molar-refractivity contribution in [2.45, 2.75) is 65.2 Å². The molecule has 27 heavy (non-hydrogen) atoms. The first kappa shape index (κ1) is 18.5. The smallest absolute Gasteiger partial charge is 0.225 e. The van der Waals surface area contributed by atoms with Gasteiger partial charge in [-0.25, -0.2) is 0 Å². The lowest BCUT2D eigenvalue weighted by molar-refractivity contribution is -0.138. The van der Waals surface area contributed by atoms with Crippen LogP contribution in [0, 0.1) is 17.3 Å². The van der Waals surface area contributed by atoms with Crippen LogP contribution < -0.4 is 0 Å². The molecular formula is C22H32N4O. The number of aromatic nitrogens is 3. The molecule has 1 amide bonds. The van der Waals surface area contributed by atoms with Crippen molar-refractivity contribution in [3.8, 4) is 0 Å². The van der Waals surface area contributed by atoms with E-state index in [9.17, 15) is 4.79 Å². The third-order valence-corrected chi connectivity index (χ3v) is 6.74. The Kier molecular flexibility index (Phi) is 4.95. The third-order valence-electron chi connectivity index (χ3n) is 6.74. The van der Waals surface area contributed by atoms with Gasteiger partial charge in [-0.3, -0.25) is 9.20 Å². The first-order valence-corrected chi connectivity index (χ1v) is 10.5.